The van der Waals surface area contributed by atoms with Crippen LogP contribution in [0.25, 0.3) is 10.2 Å². The Labute approximate surface area is 170 Å². The summed E-state index contributed by atoms with van der Waals surface area (Å²) in [6.07, 6.45) is 0. The Morgan fingerprint density at radius 2 is 1.62 bits per heavy atom. The van der Waals surface area contributed by atoms with Crippen LogP contribution in [-0.4, -0.2) is 19.3 Å². The Balaban J connectivity index is 1.46. The van der Waals surface area contributed by atoms with E-state index in [0.717, 1.165) is 22.3 Å². The fraction of sp³-hybridized carbons (Fsp3) is 0. The number of hydrogen-bond donors (Lipinski definition) is 2. The first-order chi connectivity index (χ1) is 13.9. The molecule has 4 rings (SSSR count). The van der Waals surface area contributed by atoms with E-state index in [2.05, 4.69) is 15.0 Å². The molecule has 4 aromatic rings. The number of carbonyl (C=O) groups is 1. The zero-order valence-electron chi connectivity index (χ0n) is 14.8. The van der Waals surface area contributed by atoms with Gasteiger partial charge in [0.05, 0.1) is 15.1 Å². The van der Waals surface area contributed by atoms with Gasteiger partial charge in [0.25, 0.3) is 15.9 Å². The van der Waals surface area contributed by atoms with E-state index in [9.17, 15) is 17.6 Å². The monoisotopic (exact) mass is 427 g/mol. The first-order valence-corrected chi connectivity index (χ1v) is 10.8. The molecule has 0 aliphatic carbocycles. The molecule has 1 aromatic heterocycles. The minimum atomic E-state index is -3.85. The molecule has 3 aromatic carbocycles. The summed E-state index contributed by atoms with van der Waals surface area (Å²) in [6.45, 7) is 0. The summed E-state index contributed by atoms with van der Waals surface area (Å²) in [6, 6.07) is 18.0. The Morgan fingerprint density at radius 3 is 2.31 bits per heavy atom. The normalized spacial score (nSPS) is 11.3. The lowest BCUT2D eigenvalue weighted by atomic mass is 10.2. The maximum absolute atomic E-state index is 13.0. The van der Waals surface area contributed by atoms with E-state index in [0.29, 0.717) is 10.7 Å². The van der Waals surface area contributed by atoms with E-state index in [1.807, 2.05) is 24.3 Å². The second kappa shape index (κ2) is 7.61. The molecule has 0 bridgehead atoms. The van der Waals surface area contributed by atoms with Crippen LogP contribution in [0.3, 0.4) is 0 Å². The highest BCUT2D eigenvalue weighted by Gasteiger charge is 2.15. The summed E-state index contributed by atoms with van der Waals surface area (Å²) in [7, 11) is -3.85. The van der Waals surface area contributed by atoms with E-state index in [1.165, 1.54) is 47.7 Å². The maximum Gasteiger partial charge on any atom is 0.261 e. The molecule has 0 saturated carbocycles. The van der Waals surface area contributed by atoms with Gasteiger partial charge in [-0.25, -0.2) is 17.8 Å². The van der Waals surface area contributed by atoms with Crippen LogP contribution in [0.5, 0.6) is 0 Å². The van der Waals surface area contributed by atoms with E-state index in [4.69, 9.17) is 0 Å². The van der Waals surface area contributed by atoms with Crippen molar-refractivity contribution >= 4 is 48.3 Å². The largest absolute Gasteiger partial charge is 0.298 e. The number of aromatic nitrogens is 1. The summed E-state index contributed by atoms with van der Waals surface area (Å²) in [4.78, 5) is 16.7. The molecule has 0 fully saturated rings. The first-order valence-electron chi connectivity index (χ1n) is 8.46. The predicted molar refractivity (Wildman–Crippen MR) is 111 cm³/mol. The minimum absolute atomic E-state index is 0.0587. The molecule has 0 atom stereocenters. The summed E-state index contributed by atoms with van der Waals surface area (Å²) >= 11 is 1.37. The molecule has 1 amide bonds. The summed E-state index contributed by atoms with van der Waals surface area (Å²) < 4.78 is 41.0. The van der Waals surface area contributed by atoms with Gasteiger partial charge in [0.1, 0.15) is 5.82 Å². The number of thiazole rings is 1. The van der Waals surface area contributed by atoms with Gasteiger partial charge in [-0.1, -0.05) is 23.5 Å². The van der Waals surface area contributed by atoms with Crippen LogP contribution in [0.4, 0.5) is 15.2 Å². The topological polar surface area (TPSA) is 88.2 Å². The van der Waals surface area contributed by atoms with Crippen LogP contribution >= 0.6 is 11.3 Å². The highest BCUT2D eigenvalue weighted by molar-refractivity contribution is 7.92. The van der Waals surface area contributed by atoms with Crippen molar-refractivity contribution in [1.82, 2.24) is 4.98 Å². The van der Waals surface area contributed by atoms with Crippen molar-refractivity contribution in [3.63, 3.8) is 0 Å². The summed E-state index contributed by atoms with van der Waals surface area (Å²) in [5.74, 6) is -0.871. The van der Waals surface area contributed by atoms with Gasteiger partial charge < -0.3 is 0 Å². The van der Waals surface area contributed by atoms with Crippen molar-refractivity contribution in [2.75, 3.05) is 10.0 Å². The van der Waals surface area contributed by atoms with Gasteiger partial charge in [-0.15, -0.1) is 0 Å². The van der Waals surface area contributed by atoms with E-state index in [-0.39, 0.29) is 16.5 Å². The molecule has 0 radical (unpaired) electrons. The quantitative estimate of drug-likeness (QED) is 0.491. The van der Waals surface area contributed by atoms with Crippen molar-refractivity contribution in [2.24, 2.45) is 0 Å². The fourth-order valence-corrected chi connectivity index (χ4v) is 4.53. The molecule has 0 aliphatic heterocycles. The zero-order valence-corrected chi connectivity index (χ0v) is 16.4. The number of nitrogens with zero attached hydrogens (tertiary/aromatic N) is 1. The number of fused-ring (bicyclic) bond motifs is 1. The molecular weight excluding hydrogens is 413 g/mol. The standard InChI is InChI=1S/C20H14FN3O3S2/c21-14-7-11-16(12-8-14)29(26,27)24-15-9-5-13(6-10-15)19(25)23-20-22-17-3-1-2-4-18(17)28-20/h1-12,24H,(H,22,23,25). The Bertz CT molecular complexity index is 1250. The van der Waals surface area contributed by atoms with Crippen LogP contribution in [0, 0.1) is 5.82 Å². The third kappa shape index (κ3) is 4.25. The van der Waals surface area contributed by atoms with Crippen LogP contribution < -0.4 is 10.0 Å². The van der Waals surface area contributed by atoms with E-state index >= 15 is 0 Å². The number of carbonyl (C=O) groups excluding carboxylic acids is 1. The number of anilines is 2. The highest BCUT2D eigenvalue weighted by Crippen LogP contribution is 2.26. The Kier molecular flexibility index (Phi) is 4.99. The molecule has 0 spiro atoms. The Morgan fingerprint density at radius 1 is 0.931 bits per heavy atom. The number of hydrogen-bond acceptors (Lipinski definition) is 5. The average Bonchev–Trinajstić information content (AvgIpc) is 3.11. The fourth-order valence-electron chi connectivity index (χ4n) is 2.61. The molecule has 0 unspecified atom stereocenters. The molecular formula is C20H14FN3O3S2. The number of halogens is 1. The number of rotatable bonds is 5. The molecule has 9 heteroatoms. The van der Waals surface area contributed by atoms with Crippen LogP contribution in [0.15, 0.2) is 77.7 Å². The third-order valence-corrected chi connectivity index (χ3v) is 6.39. The van der Waals surface area contributed by atoms with Gasteiger partial charge in [-0.05, 0) is 60.7 Å². The van der Waals surface area contributed by atoms with Crippen molar-refractivity contribution < 1.29 is 17.6 Å². The van der Waals surface area contributed by atoms with E-state index in [1.54, 1.807) is 0 Å². The Hall–Kier alpha value is -3.30. The maximum atomic E-state index is 13.0. The second-order valence-corrected chi connectivity index (χ2v) is 8.79. The lowest BCUT2D eigenvalue weighted by Gasteiger charge is -2.09. The van der Waals surface area contributed by atoms with Crippen LogP contribution in [0.2, 0.25) is 0 Å². The number of para-hydroxylation sites is 1. The molecule has 29 heavy (non-hydrogen) atoms. The SMILES string of the molecule is O=C(Nc1nc2ccccc2s1)c1ccc(NS(=O)(=O)c2ccc(F)cc2)cc1. The van der Waals surface area contributed by atoms with Crippen LogP contribution in [0.1, 0.15) is 10.4 Å². The lowest BCUT2D eigenvalue weighted by Crippen LogP contribution is -2.14. The molecule has 2 N–H and O–H groups in total. The van der Waals surface area contributed by atoms with Gasteiger partial charge in [0.15, 0.2) is 5.13 Å². The number of sulfonamides is 1. The lowest BCUT2D eigenvalue weighted by molar-refractivity contribution is 0.102. The predicted octanol–water partition coefficient (Wildman–Crippen LogP) is 4.49. The molecule has 1 heterocycles. The molecule has 0 saturated heterocycles. The highest BCUT2D eigenvalue weighted by atomic mass is 32.2. The van der Waals surface area contributed by atoms with Crippen molar-refractivity contribution in [1.29, 1.82) is 0 Å². The number of amides is 1. The summed E-state index contributed by atoms with van der Waals surface area (Å²) in [5, 5.41) is 3.22. The van der Waals surface area contributed by atoms with Crippen molar-refractivity contribution in [3.05, 3.63) is 84.2 Å². The first kappa shape index (κ1) is 19.0. The van der Waals surface area contributed by atoms with Crippen LogP contribution in [-0.2, 0) is 10.0 Å². The van der Waals surface area contributed by atoms with Crippen molar-refractivity contribution in [3.8, 4) is 0 Å². The van der Waals surface area contributed by atoms with Gasteiger partial charge >= 0.3 is 0 Å². The third-order valence-electron chi connectivity index (χ3n) is 4.04. The van der Waals surface area contributed by atoms with Gasteiger partial charge in [0.2, 0.25) is 0 Å². The zero-order chi connectivity index (χ0) is 20.4. The number of nitrogens with one attached hydrogen (secondary N) is 2. The number of benzene rings is 3. The van der Waals surface area contributed by atoms with Crippen molar-refractivity contribution in [2.45, 2.75) is 4.90 Å². The smallest absolute Gasteiger partial charge is 0.261 e. The molecule has 0 aliphatic rings. The van der Waals surface area contributed by atoms with Gasteiger partial charge in [0, 0.05) is 11.3 Å². The van der Waals surface area contributed by atoms with Gasteiger partial charge in [-0.3, -0.25) is 14.8 Å². The summed E-state index contributed by atoms with van der Waals surface area (Å²) in [5.41, 5.74) is 1.44. The average molecular weight is 427 g/mol. The molecule has 6 nitrogen and oxygen atoms in total. The van der Waals surface area contributed by atoms with Gasteiger partial charge in [-0.2, -0.15) is 0 Å². The minimum Gasteiger partial charge on any atom is -0.298 e. The van der Waals surface area contributed by atoms with E-state index < -0.39 is 15.8 Å². The molecule has 146 valence electrons. The second-order valence-electron chi connectivity index (χ2n) is 6.08.